The standard InChI is InChI=1S/C15H19N3OS/c1-9-5-6-13(10(2)7-9)17-12(4)14(19)18-15-16-11(3)8-20-15/h5-8,12,17H,1-4H3,(H,16,18,19)/t12-/m1/s1. The van der Waals surface area contributed by atoms with Gasteiger partial charge in [0.05, 0.1) is 5.69 Å². The molecule has 2 aromatic rings. The Morgan fingerprint density at radius 1 is 1.30 bits per heavy atom. The highest BCUT2D eigenvalue weighted by atomic mass is 32.1. The number of aryl methyl sites for hydroxylation is 3. The maximum Gasteiger partial charge on any atom is 0.248 e. The predicted octanol–water partition coefficient (Wildman–Crippen LogP) is 3.51. The number of benzene rings is 1. The van der Waals surface area contributed by atoms with Gasteiger partial charge in [0.1, 0.15) is 6.04 Å². The van der Waals surface area contributed by atoms with Gasteiger partial charge in [-0.05, 0) is 39.3 Å². The highest BCUT2D eigenvalue weighted by Gasteiger charge is 2.14. The van der Waals surface area contributed by atoms with Crippen molar-refractivity contribution in [2.24, 2.45) is 0 Å². The molecule has 0 radical (unpaired) electrons. The van der Waals surface area contributed by atoms with Crippen molar-refractivity contribution in [1.82, 2.24) is 4.98 Å². The zero-order valence-corrected chi connectivity index (χ0v) is 13.0. The Balaban J connectivity index is 2.00. The van der Waals surface area contributed by atoms with Crippen LogP contribution >= 0.6 is 11.3 Å². The van der Waals surface area contributed by atoms with Gasteiger partial charge in [0.2, 0.25) is 5.91 Å². The van der Waals surface area contributed by atoms with Crippen LogP contribution in [0, 0.1) is 20.8 Å². The molecular formula is C15H19N3OS. The number of anilines is 2. The van der Waals surface area contributed by atoms with Crippen molar-refractivity contribution >= 4 is 28.1 Å². The number of nitrogens with zero attached hydrogens (tertiary/aromatic N) is 1. The van der Waals surface area contributed by atoms with Gasteiger partial charge in [-0.25, -0.2) is 4.98 Å². The first-order chi connectivity index (χ1) is 9.45. The van der Waals surface area contributed by atoms with Gasteiger partial charge < -0.3 is 10.6 Å². The van der Waals surface area contributed by atoms with Crippen LogP contribution in [0.4, 0.5) is 10.8 Å². The Kier molecular flexibility index (Phi) is 4.39. The fourth-order valence-corrected chi connectivity index (χ4v) is 2.59. The van der Waals surface area contributed by atoms with Crippen LogP contribution in [-0.4, -0.2) is 16.9 Å². The molecule has 20 heavy (non-hydrogen) atoms. The first-order valence-electron chi connectivity index (χ1n) is 6.52. The molecule has 106 valence electrons. The molecule has 5 heteroatoms. The van der Waals surface area contributed by atoms with Gasteiger partial charge in [-0.1, -0.05) is 17.7 Å². The molecule has 1 aromatic heterocycles. The number of thiazole rings is 1. The Hall–Kier alpha value is -1.88. The largest absolute Gasteiger partial charge is 0.374 e. The fourth-order valence-electron chi connectivity index (χ4n) is 1.90. The molecule has 0 aliphatic rings. The van der Waals surface area contributed by atoms with Crippen molar-refractivity contribution in [3.05, 3.63) is 40.4 Å². The third kappa shape index (κ3) is 3.57. The number of carbonyl (C=O) groups excluding carboxylic acids is 1. The van der Waals surface area contributed by atoms with Gasteiger partial charge in [-0.2, -0.15) is 0 Å². The summed E-state index contributed by atoms with van der Waals surface area (Å²) in [7, 11) is 0. The first kappa shape index (κ1) is 14.5. The SMILES string of the molecule is Cc1ccc(N[C@H](C)C(=O)Nc2nc(C)cs2)c(C)c1. The third-order valence-electron chi connectivity index (χ3n) is 3.00. The van der Waals surface area contributed by atoms with Gasteiger partial charge in [-0.15, -0.1) is 11.3 Å². The normalized spacial score (nSPS) is 12.0. The third-order valence-corrected chi connectivity index (χ3v) is 3.87. The molecule has 0 aliphatic carbocycles. The van der Waals surface area contributed by atoms with Gasteiger partial charge in [0.25, 0.3) is 0 Å². The summed E-state index contributed by atoms with van der Waals surface area (Å²) in [5, 5.41) is 8.60. The maximum absolute atomic E-state index is 12.1. The Bertz CT molecular complexity index is 621. The van der Waals surface area contributed by atoms with Gasteiger partial charge in [0, 0.05) is 11.1 Å². The van der Waals surface area contributed by atoms with Crippen molar-refractivity contribution in [2.45, 2.75) is 33.7 Å². The Morgan fingerprint density at radius 3 is 2.65 bits per heavy atom. The fraction of sp³-hybridized carbons (Fsp3) is 0.333. The van der Waals surface area contributed by atoms with E-state index < -0.39 is 0 Å². The van der Waals surface area contributed by atoms with Crippen LogP contribution in [0.5, 0.6) is 0 Å². The minimum Gasteiger partial charge on any atom is -0.374 e. The van der Waals surface area contributed by atoms with Gasteiger partial charge >= 0.3 is 0 Å². The summed E-state index contributed by atoms with van der Waals surface area (Å²) >= 11 is 1.44. The van der Waals surface area contributed by atoms with E-state index in [0.717, 1.165) is 16.9 Å². The molecule has 0 aliphatic heterocycles. The van der Waals surface area contributed by atoms with E-state index in [4.69, 9.17) is 0 Å². The summed E-state index contributed by atoms with van der Waals surface area (Å²) in [6.45, 7) is 7.83. The molecule has 0 fully saturated rings. The molecule has 1 amide bonds. The lowest BCUT2D eigenvalue weighted by atomic mass is 10.1. The predicted molar refractivity (Wildman–Crippen MR) is 84.5 cm³/mol. The second-order valence-electron chi connectivity index (χ2n) is 4.97. The first-order valence-corrected chi connectivity index (χ1v) is 7.40. The zero-order chi connectivity index (χ0) is 14.7. The van der Waals surface area contributed by atoms with Crippen LogP contribution in [0.1, 0.15) is 23.7 Å². The Morgan fingerprint density at radius 2 is 2.05 bits per heavy atom. The lowest BCUT2D eigenvalue weighted by Gasteiger charge is -2.16. The molecule has 0 saturated heterocycles. The molecule has 2 rings (SSSR count). The van der Waals surface area contributed by atoms with Crippen molar-refractivity contribution in [2.75, 3.05) is 10.6 Å². The molecule has 2 N–H and O–H groups in total. The lowest BCUT2D eigenvalue weighted by Crippen LogP contribution is -2.32. The molecule has 0 bridgehead atoms. The van der Waals surface area contributed by atoms with E-state index in [1.165, 1.54) is 16.9 Å². The highest BCUT2D eigenvalue weighted by Crippen LogP contribution is 2.18. The minimum atomic E-state index is -0.319. The molecule has 0 saturated carbocycles. The summed E-state index contributed by atoms with van der Waals surface area (Å²) in [4.78, 5) is 16.3. The summed E-state index contributed by atoms with van der Waals surface area (Å²) in [5.74, 6) is -0.0840. The second kappa shape index (κ2) is 6.05. The molecular weight excluding hydrogens is 270 g/mol. The van der Waals surface area contributed by atoms with E-state index in [2.05, 4.69) is 28.6 Å². The molecule has 1 heterocycles. The summed E-state index contributed by atoms with van der Waals surface area (Å²) < 4.78 is 0. The summed E-state index contributed by atoms with van der Waals surface area (Å²) in [6, 6.07) is 5.81. The molecule has 0 spiro atoms. The van der Waals surface area contributed by atoms with Gasteiger partial charge in [-0.3, -0.25) is 4.79 Å². The van der Waals surface area contributed by atoms with E-state index >= 15 is 0 Å². The van der Waals surface area contributed by atoms with E-state index in [-0.39, 0.29) is 11.9 Å². The molecule has 1 atom stereocenters. The summed E-state index contributed by atoms with van der Waals surface area (Å²) in [6.07, 6.45) is 0. The quantitative estimate of drug-likeness (QED) is 0.905. The van der Waals surface area contributed by atoms with E-state index in [9.17, 15) is 4.79 Å². The minimum absolute atomic E-state index is 0.0840. The molecule has 1 aromatic carbocycles. The van der Waals surface area contributed by atoms with Crippen LogP contribution in [0.3, 0.4) is 0 Å². The number of hydrogen-bond acceptors (Lipinski definition) is 4. The zero-order valence-electron chi connectivity index (χ0n) is 12.2. The van der Waals surface area contributed by atoms with Crippen LogP contribution in [0.15, 0.2) is 23.6 Å². The van der Waals surface area contributed by atoms with Crippen molar-refractivity contribution < 1.29 is 4.79 Å². The number of aromatic nitrogens is 1. The monoisotopic (exact) mass is 289 g/mol. The average Bonchev–Trinajstić information content (AvgIpc) is 2.78. The van der Waals surface area contributed by atoms with E-state index in [0.29, 0.717) is 5.13 Å². The molecule has 4 nitrogen and oxygen atoms in total. The van der Waals surface area contributed by atoms with Crippen LogP contribution < -0.4 is 10.6 Å². The van der Waals surface area contributed by atoms with Crippen molar-refractivity contribution in [1.29, 1.82) is 0 Å². The lowest BCUT2D eigenvalue weighted by molar-refractivity contribution is -0.116. The highest BCUT2D eigenvalue weighted by molar-refractivity contribution is 7.13. The van der Waals surface area contributed by atoms with E-state index in [1.807, 2.05) is 38.3 Å². The van der Waals surface area contributed by atoms with Crippen molar-refractivity contribution in [3.8, 4) is 0 Å². The Labute approximate surface area is 123 Å². The number of hydrogen-bond donors (Lipinski definition) is 2. The van der Waals surface area contributed by atoms with Crippen LogP contribution in [0.25, 0.3) is 0 Å². The number of rotatable bonds is 4. The van der Waals surface area contributed by atoms with E-state index in [1.54, 1.807) is 0 Å². The maximum atomic E-state index is 12.1. The smallest absolute Gasteiger partial charge is 0.248 e. The topological polar surface area (TPSA) is 54.0 Å². The number of nitrogens with one attached hydrogen (secondary N) is 2. The molecule has 0 unspecified atom stereocenters. The van der Waals surface area contributed by atoms with Gasteiger partial charge in [0.15, 0.2) is 5.13 Å². The second-order valence-corrected chi connectivity index (χ2v) is 5.83. The van der Waals surface area contributed by atoms with Crippen LogP contribution in [0.2, 0.25) is 0 Å². The van der Waals surface area contributed by atoms with Crippen LogP contribution in [-0.2, 0) is 4.79 Å². The van der Waals surface area contributed by atoms with Crippen molar-refractivity contribution in [3.63, 3.8) is 0 Å². The number of carbonyl (C=O) groups is 1. The average molecular weight is 289 g/mol. The number of amides is 1. The summed E-state index contributed by atoms with van der Waals surface area (Å²) in [5.41, 5.74) is 4.24.